The Balaban J connectivity index is 2.69. The number of carboxylic acids is 1. The number of allylic oxidation sites excluding steroid dienone is 16. The Labute approximate surface area is 441 Å². The molecule has 0 aromatic rings. The van der Waals surface area contributed by atoms with Crippen molar-refractivity contribution < 1.29 is 58.2 Å². The lowest BCUT2D eigenvalue weighted by Gasteiger charge is -2.40. The predicted octanol–water partition coefficient (Wildman–Crippen LogP) is 14.1. The van der Waals surface area contributed by atoms with Crippen molar-refractivity contribution >= 4 is 23.9 Å². The van der Waals surface area contributed by atoms with Gasteiger partial charge in [0.25, 0.3) is 0 Å². The summed E-state index contributed by atoms with van der Waals surface area (Å²) in [4.78, 5) is 50.9. The molecule has 12 heteroatoms. The van der Waals surface area contributed by atoms with Gasteiger partial charge >= 0.3 is 23.9 Å². The Morgan fingerprint density at radius 1 is 0.466 bits per heavy atom. The normalized spacial score (nSPS) is 19.1. The van der Waals surface area contributed by atoms with Crippen LogP contribution in [0, 0.1) is 0 Å². The highest BCUT2D eigenvalue weighted by atomic mass is 16.7. The molecule has 0 bridgehead atoms. The molecule has 1 fully saturated rings. The smallest absolute Gasteiger partial charge is 0.335 e. The minimum atomic E-state index is -1.92. The molecular weight excluding hydrogens is 925 g/mol. The summed E-state index contributed by atoms with van der Waals surface area (Å²) in [5.41, 5.74) is 0. The maximum absolute atomic E-state index is 13.1. The van der Waals surface area contributed by atoms with E-state index in [4.69, 9.17) is 23.7 Å². The molecular formula is C61H98O12. The first-order chi connectivity index (χ1) is 35.6. The molecule has 0 saturated carbocycles. The summed E-state index contributed by atoms with van der Waals surface area (Å²) in [7, 11) is 0. The molecule has 6 atom stereocenters. The molecule has 73 heavy (non-hydrogen) atoms. The number of ether oxygens (including phenoxy) is 5. The molecule has 12 nitrogen and oxygen atoms in total. The van der Waals surface area contributed by atoms with Crippen LogP contribution in [0.25, 0.3) is 0 Å². The van der Waals surface area contributed by atoms with E-state index in [1.807, 2.05) is 0 Å². The van der Waals surface area contributed by atoms with E-state index in [9.17, 15) is 34.5 Å². The molecule has 0 amide bonds. The molecule has 1 aliphatic rings. The fourth-order valence-corrected chi connectivity index (χ4v) is 7.88. The Hall–Kier alpha value is -4.36. The van der Waals surface area contributed by atoms with Crippen LogP contribution in [0.5, 0.6) is 0 Å². The van der Waals surface area contributed by atoms with Crippen molar-refractivity contribution in [1.29, 1.82) is 0 Å². The number of esters is 3. The molecule has 0 aromatic carbocycles. The molecule has 1 saturated heterocycles. The third-order valence-electron chi connectivity index (χ3n) is 12.2. The van der Waals surface area contributed by atoms with Gasteiger partial charge in [-0.3, -0.25) is 14.4 Å². The van der Waals surface area contributed by atoms with Crippen LogP contribution in [0.15, 0.2) is 97.2 Å². The van der Waals surface area contributed by atoms with Crippen LogP contribution in [-0.2, 0) is 42.9 Å². The van der Waals surface area contributed by atoms with Gasteiger partial charge in [-0.2, -0.15) is 0 Å². The van der Waals surface area contributed by atoms with Gasteiger partial charge in [0, 0.05) is 19.3 Å². The van der Waals surface area contributed by atoms with E-state index in [2.05, 4.69) is 118 Å². The van der Waals surface area contributed by atoms with Crippen LogP contribution in [0.1, 0.15) is 213 Å². The zero-order valence-electron chi connectivity index (χ0n) is 45.3. The van der Waals surface area contributed by atoms with Gasteiger partial charge < -0.3 is 39.0 Å². The summed E-state index contributed by atoms with van der Waals surface area (Å²) >= 11 is 0. The lowest BCUT2D eigenvalue weighted by Crippen LogP contribution is -2.61. The van der Waals surface area contributed by atoms with Crippen LogP contribution in [0.4, 0.5) is 0 Å². The minimum Gasteiger partial charge on any atom is -0.479 e. The first kappa shape index (κ1) is 66.7. The van der Waals surface area contributed by atoms with Gasteiger partial charge in [-0.1, -0.05) is 195 Å². The molecule has 0 radical (unpaired) electrons. The van der Waals surface area contributed by atoms with Gasteiger partial charge in [-0.05, 0) is 96.3 Å². The van der Waals surface area contributed by atoms with Crippen molar-refractivity contribution in [2.45, 2.75) is 250 Å². The zero-order valence-corrected chi connectivity index (χ0v) is 45.3. The fourth-order valence-electron chi connectivity index (χ4n) is 7.88. The van der Waals surface area contributed by atoms with Gasteiger partial charge in [-0.25, -0.2) is 4.79 Å². The number of aliphatic carboxylic acids is 1. The highest BCUT2D eigenvalue weighted by Crippen LogP contribution is 2.26. The van der Waals surface area contributed by atoms with E-state index in [0.717, 1.165) is 116 Å². The minimum absolute atomic E-state index is 0.00362. The second-order valence-corrected chi connectivity index (χ2v) is 18.8. The maximum Gasteiger partial charge on any atom is 0.335 e. The van der Waals surface area contributed by atoms with Crippen molar-refractivity contribution in [2.24, 2.45) is 0 Å². The van der Waals surface area contributed by atoms with Crippen LogP contribution in [-0.4, -0.2) is 89.2 Å². The van der Waals surface area contributed by atoms with Gasteiger partial charge in [0.1, 0.15) is 18.8 Å². The molecule has 414 valence electrons. The van der Waals surface area contributed by atoms with Crippen molar-refractivity contribution in [1.82, 2.24) is 0 Å². The second kappa shape index (κ2) is 48.6. The van der Waals surface area contributed by atoms with Crippen LogP contribution in [0.2, 0.25) is 0 Å². The second-order valence-electron chi connectivity index (χ2n) is 18.8. The number of rotatable bonds is 46. The highest BCUT2D eigenvalue weighted by molar-refractivity contribution is 5.74. The SMILES string of the molecule is CC/C=C\C/C=C\C/C=C\C/C=C\CCCCCCCCC(=O)OCC(COC1OC(C(=O)O)C(O)C(O)C1OC(=O)CCCC/C=C\C/C=C\C/C=C\C/C=C\CC)OC(=O)CCCCCCCCCCC. The zero-order chi connectivity index (χ0) is 53.3. The molecule has 1 aliphatic heterocycles. The van der Waals surface area contributed by atoms with Crippen molar-refractivity contribution in [3.05, 3.63) is 97.2 Å². The maximum atomic E-state index is 13.1. The average molecular weight is 1020 g/mol. The summed E-state index contributed by atoms with van der Waals surface area (Å²) < 4.78 is 28.3. The summed E-state index contributed by atoms with van der Waals surface area (Å²) in [6.07, 6.45) is 51.1. The monoisotopic (exact) mass is 1020 g/mol. The number of hydrogen-bond acceptors (Lipinski definition) is 11. The largest absolute Gasteiger partial charge is 0.479 e. The summed E-state index contributed by atoms with van der Waals surface area (Å²) in [5, 5.41) is 31.4. The average Bonchev–Trinajstić information content (AvgIpc) is 3.37. The topological polar surface area (TPSA) is 175 Å². The first-order valence-corrected chi connectivity index (χ1v) is 28.2. The van der Waals surface area contributed by atoms with E-state index in [1.165, 1.54) is 32.1 Å². The Morgan fingerprint density at radius 2 is 0.863 bits per heavy atom. The van der Waals surface area contributed by atoms with Gasteiger partial charge in [0.15, 0.2) is 24.6 Å². The Morgan fingerprint density at radius 3 is 1.34 bits per heavy atom. The first-order valence-electron chi connectivity index (χ1n) is 28.2. The van der Waals surface area contributed by atoms with E-state index in [-0.39, 0.29) is 25.9 Å². The lowest BCUT2D eigenvalue weighted by molar-refractivity contribution is -0.301. The number of unbranched alkanes of at least 4 members (excludes halogenated alkanes) is 16. The van der Waals surface area contributed by atoms with Crippen LogP contribution >= 0.6 is 0 Å². The fraction of sp³-hybridized carbons (Fsp3) is 0.672. The molecule has 0 aromatic heterocycles. The number of carbonyl (C=O) groups excluding carboxylic acids is 3. The number of aliphatic hydroxyl groups excluding tert-OH is 2. The van der Waals surface area contributed by atoms with Crippen molar-refractivity contribution in [2.75, 3.05) is 13.2 Å². The predicted molar refractivity (Wildman–Crippen MR) is 294 cm³/mol. The number of hydrogen-bond donors (Lipinski definition) is 3. The standard InChI is InChI=1S/C61H98O12/c1-4-7-10-13-16-19-21-23-25-26-27-28-30-31-33-36-38-41-44-47-53(62)69-50-52(71-54(63)48-45-42-39-35-18-15-12-9-6-3)51-70-61-59(57(66)56(65)58(73-61)60(67)68)72-55(64)49-46-43-40-37-34-32-29-24-22-20-17-14-11-8-5-2/h7-8,10-11,16-17,19-20,23-25,27-29,34,37,52,56-59,61,65-66H,4-6,9,12-15,18,21-22,26,30-33,35-36,38-51H2,1-3H3,(H,67,68)/b10-7-,11-8-,19-16-,20-17-,25-23-,28-27-,29-24-,37-34-. The third kappa shape index (κ3) is 38.8. The molecule has 0 aliphatic carbocycles. The van der Waals surface area contributed by atoms with Gasteiger partial charge in [0.2, 0.25) is 0 Å². The Bertz CT molecular complexity index is 1640. The lowest BCUT2D eigenvalue weighted by atomic mass is 9.98. The quantitative estimate of drug-likeness (QED) is 0.0228. The molecule has 1 rings (SSSR count). The molecule has 1 heterocycles. The highest BCUT2D eigenvalue weighted by Gasteiger charge is 2.50. The van der Waals surface area contributed by atoms with Gasteiger partial charge in [0.05, 0.1) is 6.61 Å². The van der Waals surface area contributed by atoms with E-state index >= 15 is 0 Å². The number of carbonyl (C=O) groups is 4. The summed E-state index contributed by atoms with van der Waals surface area (Å²) in [5.74, 6) is -3.20. The van der Waals surface area contributed by atoms with Gasteiger partial charge in [-0.15, -0.1) is 0 Å². The van der Waals surface area contributed by atoms with Crippen molar-refractivity contribution in [3.63, 3.8) is 0 Å². The van der Waals surface area contributed by atoms with E-state index in [0.29, 0.717) is 25.7 Å². The Kier molecular flexibility index (Phi) is 44.4. The molecule has 3 N–H and O–H groups in total. The summed E-state index contributed by atoms with van der Waals surface area (Å²) in [6.45, 7) is 5.69. The van der Waals surface area contributed by atoms with E-state index < -0.39 is 67.3 Å². The third-order valence-corrected chi connectivity index (χ3v) is 12.2. The number of carboxylic acid groups (broad SMARTS) is 1. The van der Waals surface area contributed by atoms with E-state index in [1.54, 1.807) is 0 Å². The summed E-state index contributed by atoms with van der Waals surface area (Å²) in [6, 6.07) is 0. The molecule has 0 spiro atoms. The van der Waals surface area contributed by atoms with Crippen LogP contribution in [0.3, 0.4) is 0 Å². The number of aliphatic hydroxyl groups is 2. The van der Waals surface area contributed by atoms with Crippen LogP contribution < -0.4 is 0 Å². The van der Waals surface area contributed by atoms with Crippen molar-refractivity contribution in [3.8, 4) is 0 Å². The molecule has 6 unspecified atom stereocenters.